The van der Waals surface area contributed by atoms with Crippen LogP contribution in [0.15, 0.2) is 41.4 Å². The van der Waals surface area contributed by atoms with Crippen molar-refractivity contribution in [2.45, 2.75) is 46.4 Å². The highest BCUT2D eigenvalue weighted by atomic mass is 16.5. The molecule has 0 saturated heterocycles. The average molecular weight is 289 g/mol. The molecule has 1 rings (SSSR count). The van der Waals surface area contributed by atoms with Crippen molar-refractivity contribution in [2.75, 3.05) is 6.54 Å². The zero-order chi connectivity index (χ0) is 15.9. The minimum absolute atomic E-state index is 0.134. The molecule has 4 heteroatoms. The Morgan fingerprint density at radius 3 is 2.62 bits per heavy atom. The minimum atomic E-state index is -0.134. The van der Waals surface area contributed by atoms with E-state index in [1.807, 2.05) is 19.1 Å². The van der Waals surface area contributed by atoms with Gasteiger partial charge in [0.05, 0.1) is 18.8 Å². The lowest BCUT2D eigenvalue weighted by Crippen LogP contribution is -2.32. The van der Waals surface area contributed by atoms with Crippen molar-refractivity contribution in [3.63, 3.8) is 0 Å². The topological polar surface area (TPSA) is 59.6 Å². The lowest BCUT2D eigenvalue weighted by Gasteiger charge is -2.19. The van der Waals surface area contributed by atoms with Crippen molar-refractivity contribution < 1.29 is 4.74 Å². The Bertz CT molecular complexity index is 501. The smallest absolute Gasteiger partial charge is 0.189 e. The van der Waals surface area contributed by atoms with Gasteiger partial charge in [-0.25, -0.2) is 4.99 Å². The molecule has 0 amide bonds. The maximum absolute atomic E-state index is 5.80. The van der Waals surface area contributed by atoms with Gasteiger partial charge in [-0.2, -0.15) is 0 Å². The van der Waals surface area contributed by atoms with Gasteiger partial charge < -0.3 is 15.8 Å². The molecule has 4 nitrogen and oxygen atoms in total. The van der Waals surface area contributed by atoms with E-state index in [9.17, 15) is 0 Å². The second kappa shape index (κ2) is 7.84. The van der Waals surface area contributed by atoms with E-state index >= 15 is 0 Å². The number of hydrogen-bond acceptors (Lipinski definition) is 2. The molecule has 0 fully saturated rings. The van der Waals surface area contributed by atoms with Crippen molar-refractivity contribution in [3.05, 3.63) is 47.5 Å². The van der Waals surface area contributed by atoms with E-state index in [-0.39, 0.29) is 5.60 Å². The van der Waals surface area contributed by atoms with Crippen LogP contribution in [0.25, 0.3) is 0 Å². The summed E-state index contributed by atoms with van der Waals surface area (Å²) >= 11 is 0. The van der Waals surface area contributed by atoms with Gasteiger partial charge in [-0.05, 0) is 38.8 Å². The van der Waals surface area contributed by atoms with Crippen molar-refractivity contribution in [1.29, 1.82) is 0 Å². The Morgan fingerprint density at radius 2 is 2.00 bits per heavy atom. The number of aliphatic imine (C=N–C) groups is 1. The lowest BCUT2D eigenvalue weighted by atomic mass is 10.1. The first-order chi connectivity index (χ1) is 9.76. The fraction of sp³-hybridized carbons (Fsp3) is 0.471. The van der Waals surface area contributed by atoms with Crippen LogP contribution in [0.5, 0.6) is 0 Å². The van der Waals surface area contributed by atoms with Gasteiger partial charge in [-0.1, -0.05) is 36.4 Å². The first-order valence-electron chi connectivity index (χ1n) is 7.16. The molecule has 0 aliphatic carbocycles. The summed E-state index contributed by atoms with van der Waals surface area (Å²) in [5.74, 6) is 0.439. The third-order valence-electron chi connectivity index (χ3n) is 2.67. The second-order valence-electron chi connectivity index (χ2n) is 6.23. The van der Waals surface area contributed by atoms with E-state index in [0.717, 1.165) is 16.7 Å². The van der Waals surface area contributed by atoms with Gasteiger partial charge in [0.1, 0.15) is 0 Å². The lowest BCUT2D eigenvalue weighted by molar-refractivity contribution is -0.0149. The van der Waals surface area contributed by atoms with Crippen LogP contribution in [0.3, 0.4) is 0 Å². The number of ether oxygens (including phenoxy) is 1. The number of benzene rings is 1. The molecule has 0 unspecified atom stereocenters. The van der Waals surface area contributed by atoms with Crippen molar-refractivity contribution in [1.82, 2.24) is 5.32 Å². The zero-order valence-corrected chi connectivity index (χ0v) is 13.6. The Balaban J connectivity index is 2.56. The standard InChI is InChI=1S/C17H27N3O/c1-13(2)10-19-16(18)20-11-14-7-6-8-15(9-14)12-21-17(3,4)5/h6-9H,1,10-12H2,2-5H3,(H3,18,19,20). The predicted molar refractivity (Wildman–Crippen MR) is 89.1 cm³/mol. The van der Waals surface area contributed by atoms with Gasteiger partial charge in [0.2, 0.25) is 0 Å². The molecular formula is C17H27N3O. The largest absolute Gasteiger partial charge is 0.371 e. The van der Waals surface area contributed by atoms with Crippen LogP contribution in [0.1, 0.15) is 38.8 Å². The fourth-order valence-electron chi connectivity index (χ4n) is 1.59. The normalized spacial score (nSPS) is 12.3. The Labute approximate surface area is 128 Å². The number of hydrogen-bond donors (Lipinski definition) is 2. The molecule has 0 saturated carbocycles. The van der Waals surface area contributed by atoms with Gasteiger partial charge in [-0.3, -0.25) is 0 Å². The molecule has 1 aromatic rings. The van der Waals surface area contributed by atoms with E-state index in [1.54, 1.807) is 0 Å². The fourth-order valence-corrected chi connectivity index (χ4v) is 1.59. The van der Waals surface area contributed by atoms with Gasteiger partial charge >= 0.3 is 0 Å². The van der Waals surface area contributed by atoms with E-state index in [4.69, 9.17) is 10.5 Å². The van der Waals surface area contributed by atoms with Gasteiger partial charge in [-0.15, -0.1) is 0 Å². The molecule has 21 heavy (non-hydrogen) atoms. The Hall–Kier alpha value is -1.81. The van der Waals surface area contributed by atoms with Crippen LogP contribution in [0.4, 0.5) is 0 Å². The summed E-state index contributed by atoms with van der Waals surface area (Å²) in [4.78, 5) is 4.32. The first kappa shape index (κ1) is 17.2. The third-order valence-corrected chi connectivity index (χ3v) is 2.67. The van der Waals surface area contributed by atoms with Crippen molar-refractivity contribution >= 4 is 5.96 Å². The maximum atomic E-state index is 5.80. The van der Waals surface area contributed by atoms with Crippen LogP contribution < -0.4 is 11.1 Å². The molecule has 0 radical (unpaired) electrons. The monoisotopic (exact) mass is 289 g/mol. The molecule has 0 aliphatic heterocycles. The van der Waals surface area contributed by atoms with E-state index in [0.29, 0.717) is 25.7 Å². The van der Waals surface area contributed by atoms with Crippen LogP contribution in [-0.2, 0) is 17.9 Å². The number of rotatable bonds is 6. The van der Waals surface area contributed by atoms with Crippen molar-refractivity contribution in [2.24, 2.45) is 10.7 Å². The molecule has 0 heterocycles. The summed E-state index contributed by atoms with van der Waals surface area (Å²) in [5.41, 5.74) is 8.95. The molecule has 0 aliphatic rings. The number of nitrogens with zero attached hydrogens (tertiary/aromatic N) is 1. The van der Waals surface area contributed by atoms with Crippen molar-refractivity contribution in [3.8, 4) is 0 Å². The highest BCUT2D eigenvalue weighted by Gasteiger charge is 2.09. The highest BCUT2D eigenvalue weighted by molar-refractivity contribution is 5.78. The van der Waals surface area contributed by atoms with Gasteiger partial charge in [0.25, 0.3) is 0 Å². The molecule has 1 aromatic carbocycles. The Morgan fingerprint density at radius 1 is 1.33 bits per heavy atom. The molecule has 116 valence electrons. The number of nitrogens with two attached hydrogens (primary N) is 1. The summed E-state index contributed by atoms with van der Waals surface area (Å²) in [6.07, 6.45) is 0. The number of nitrogens with one attached hydrogen (secondary N) is 1. The Kier molecular flexibility index (Phi) is 6.43. The van der Waals surface area contributed by atoms with Crippen LogP contribution in [-0.4, -0.2) is 18.1 Å². The molecular weight excluding hydrogens is 262 g/mol. The van der Waals surface area contributed by atoms with Crippen LogP contribution >= 0.6 is 0 Å². The predicted octanol–water partition coefficient (Wildman–Crippen LogP) is 2.98. The van der Waals surface area contributed by atoms with E-state index < -0.39 is 0 Å². The van der Waals surface area contributed by atoms with Crippen LogP contribution in [0, 0.1) is 0 Å². The summed E-state index contributed by atoms with van der Waals surface area (Å²) in [5, 5.41) is 3.02. The summed E-state index contributed by atoms with van der Waals surface area (Å²) in [6.45, 7) is 13.7. The first-order valence-corrected chi connectivity index (χ1v) is 7.16. The van der Waals surface area contributed by atoms with E-state index in [1.165, 1.54) is 0 Å². The van der Waals surface area contributed by atoms with E-state index in [2.05, 4.69) is 49.8 Å². The number of guanidine groups is 1. The zero-order valence-electron chi connectivity index (χ0n) is 13.6. The molecule has 0 bridgehead atoms. The summed E-state index contributed by atoms with van der Waals surface area (Å²) in [7, 11) is 0. The van der Waals surface area contributed by atoms with Gasteiger partial charge in [0.15, 0.2) is 5.96 Å². The summed E-state index contributed by atoms with van der Waals surface area (Å²) < 4.78 is 5.78. The second-order valence-corrected chi connectivity index (χ2v) is 6.23. The molecule has 3 N–H and O–H groups in total. The highest BCUT2D eigenvalue weighted by Crippen LogP contribution is 2.13. The molecule has 0 spiro atoms. The average Bonchev–Trinajstić information content (AvgIpc) is 2.40. The minimum Gasteiger partial charge on any atom is -0.371 e. The molecule has 0 aromatic heterocycles. The maximum Gasteiger partial charge on any atom is 0.189 e. The van der Waals surface area contributed by atoms with Gasteiger partial charge in [0, 0.05) is 6.54 Å². The molecule has 0 atom stereocenters. The third kappa shape index (κ3) is 8.15. The summed E-state index contributed by atoms with van der Waals surface area (Å²) in [6, 6.07) is 8.21. The SMILES string of the molecule is C=C(C)CNC(N)=NCc1cccc(COC(C)(C)C)c1. The van der Waals surface area contributed by atoms with Crippen LogP contribution in [0.2, 0.25) is 0 Å². The quantitative estimate of drug-likeness (QED) is 0.481.